The lowest BCUT2D eigenvalue weighted by Gasteiger charge is -2.15. The Morgan fingerprint density at radius 2 is 1.87 bits per heavy atom. The zero-order chi connectivity index (χ0) is 21.3. The van der Waals surface area contributed by atoms with Gasteiger partial charge in [-0.2, -0.15) is 0 Å². The second kappa shape index (κ2) is 6.43. The van der Waals surface area contributed by atoms with E-state index in [1.807, 2.05) is 13.1 Å². The number of hydrogen-bond donors (Lipinski definition) is 1. The molecule has 2 aliphatic rings. The van der Waals surface area contributed by atoms with Crippen LogP contribution in [-0.2, 0) is 13.1 Å². The number of pyridine rings is 1. The lowest BCUT2D eigenvalue weighted by atomic mass is 9.97. The van der Waals surface area contributed by atoms with Crippen LogP contribution >= 0.6 is 0 Å². The first-order valence-electron chi connectivity index (χ1n) is 9.51. The summed E-state index contributed by atoms with van der Waals surface area (Å²) in [7, 11) is 1.94. The summed E-state index contributed by atoms with van der Waals surface area (Å²) in [6.45, 7) is 1.40. The van der Waals surface area contributed by atoms with E-state index in [0.717, 1.165) is 34.5 Å². The molecule has 5 rings (SSSR count). The van der Waals surface area contributed by atoms with Gasteiger partial charge in [-0.05, 0) is 35.9 Å². The Balaban J connectivity index is 1.80. The van der Waals surface area contributed by atoms with Crippen molar-refractivity contribution in [3.63, 3.8) is 0 Å². The molecule has 154 valence electrons. The molecule has 0 radical (unpaired) electrons. The number of carboxylic acid groups (broad SMARTS) is 1. The van der Waals surface area contributed by atoms with E-state index in [4.69, 9.17) is 0 Å². The third-order valence-electron chi connectivity index (χ3n) is 5.85. The van der Waals surface area contributed by atoms with E-state index in [1.165, 1.54) is 0 Å². The van der Waals surface area contributed by atoms with Crippen LogP contribution in [0.3, 0.4) is 0 Å². The Hall–Kier alpha value is -3.13. The molecule has 0 saturated heterocycles. The van der Waals surface area contributed by atoms with Crippen molar-refractivity contribution >= 4 is 16.9 Å². The molecule has 8 heteroatoms. The highest BCUT2D eigenvalue weighted by Crippen LogP contribution is 2.42. The lowest BCUT2D eigenvalue weighted by Crippen LogP contribution is -2.20. The molecular formula is C22H17F3N2O3. The molecule has 30 heavy (non-hydrogen) atoms. The van der Waals surface area contributed by atoms with Gasteiger partial charge in [0.05, 0.1) is 22.5 Å². The molecule has 5 nitrogen and oxygen atoms in total. The standard InChI is InChI=1S/C22H17F3N2O3/c1-26-7-11-3-2-10(4-12(11)8-26)18-16(24)5-13-20(19(18)25)27(17-6-15(17)23)9-14(21(13)28)22(29)30/h2-5,9,15,17H,6-8H2,1H3,(H,29,30)/t15-,17+/m0/s1. The van der Waals surface area contributed by atoms with E-state index in [0.29, 0.717) is 12.1 Å². The van der Waals surface area contributed by atoms with Crippen LogP contribution in [0.4, 0.5) is 13.2 Å². The van der Waals surface area contributed by atoms with Crippen LogP contribution in [-0.4, -0.2) is 33.8 Å². The highest BCUT2D eigenvalue weighted by molar-refractivity contribution is 5.94. The van der Waals surface area contributed by atoms with E-state index in [2.05, 4.69) is 4.90 Å². The van der Waals surface area contributed by atoms with Gasteiger partial charge in [0, 0.05) is 25.7 Å². The molecule has 1 fully saturated rings. The van der Waals surface area contributed by atoms with Crippen LogP contribution in [0.5, 0.6) is 0 Å². The molecule has 1 aliphatic carbocycles. The van der Waals surface area contributed by atoms with Gasteiger partial charge < -0.3 is 9.67 Å². The topological polar surface area (TPSA) is 62.5 Å². The minimum atomic E-state index is -1.53. The van der Waals surface area contributed by atoms with Crippen molar-refractivity contribution in [2.45, 2.75) is 31.7 Å². The number of alkyl halides is 1. The molecule has 2 aromatic carbocycles. The summed E-state index contributed by atoms with van der Waals surface area (Å²) in [4.78, 5) is 26.1. The molecule has 0 unspecified atom stereocenters. The Kier molecular flexibility index (Phi) is 4.05. The number of hydrogen-bond acceptors (Lipinski definition) is 3. The van der Waals surface area contributed by atoms with Gasteiger partial charge in [0.2, 0.25) is 5.43 Å². The zero-order valence-electron chi connectivity index (χ0n) is 16.0. The summed E-state index contributed by atoms with van der Waals surface area (Å²) in [5.74, 6) is -3.49. The maximum Gasteiger partial charge on any atom is 0.341 e. The lowest BCUT2D eigenvalue weighted by molar-refractivity contribution is 0.0694. The van der Waals surface area contributed by atoms with Gasteiger partial charge in [-0.3, -0.25) is 9.69 Å². The van der Waals surface area contributed by atoms with Crippen LogP contribution in [0.25, 0.3) is 22.0 Å². The van der Waals surface area contributed by atoms with E-state index < -0.39 is 46.2 Å². The van der Waals surface area contributed by atoms with Crippen molar-refractivity contribution in [2.24, 2.45) is 0 Å². The second-order valence-electron chi connectivity index (χ2n) is 8.00. The zero-order valence-corrected chi connectivity index (χ0v) is 16.0. The summed E-state index contributed by atoms with van der Waals surface area (Å²) < 4.78 is 45.6. The van der Waals surface area contributed by atoms with Crippen molar-refractivity contribution < 1.29 is 23.1 Å². The molecule has 2 heterocycles. The molecule has 2 atom stereocenters. The van der Waals surface area contributed by atoms with Crippen molar-refractivity contribution in [1.82, 2.24) is 9.47 Å². The fourth-order valence-corrected chi connectivity index (χ4v) is 4.28. The first kappa shape index (κ1) is 18.9. The van der Waals surface area contributed by atoms with E-state index in [9.17, 15) is 19.1 Å². The summed E-state index contributed by atoms with van der Waals surface area (Å²) >= 11 is 0. The first-order valence-corrected chi connectivity index (χ1v) is 9.51. The van der Waals surface area contributed by atoms with Crippen molar-refractivity contribution in [2.75, 3.05) is 7.05 Å². The number of rotatable bonds is 3. The third kappa shape index (κ3) is 2.74. The van der Waals surface area contributed by atoms with Crippen molar-refractivity contribution in [1.29, 1.82) is 0 Å². The smallest absolute Gasteiger partial charge is 0.341 e. The number of halogens is 3. The summed E-state index contributed by atoms with van der Waals surface area (Å²) in [6, 6.07) is 5.22. The van der Waals surface area contributed by atoms with E-state index >= 15 is 8.78 Å². The maximum atomic E-state index is 15.7. The van der Waals surface area contributed by atoms with Gasteiger partial charge in [-0.25, -0.2) is 18.0 Å². The summed E-state index contributed by atoms with van der Waals surface area (Å²) in [6.07, 6.45) is -0.241. The number of nitrogens with zero attached hydrogens (tertiary/aromatic N) is 2. The fourth-order valence-electron chi connectivity index (χ4n) is 4.28. The molecule has 0 spiro atoms. The Bertz CT molecular complexity index is 1300. The average molecular weight is 414 g/mol. The van der Waals surface area contributed by atoms with E-state index in [1.54, 1.807) is 12.1 Å². The van der Waals surface area contributed by atoms with Crippen LogP contribution < -0.4 is 5.43 Å². The predicted molar refractivity (Wildman–Crippen MR) is 104 cm³/mol. The average Bonchev–Trinajstić information content (AvgIpc) is 3.28. The molecule has 0 bridgehead atoms. The SMILES string of the molecule is CN1Cc2ccc(-c3c(F)cc4c(=O)c(C(=O)O)cn([C@@H]5C[C@@H]5F)c4c3F)cc2C1. The quantitative estimate of drug-likeness (QED) is 0.707. The van der Waals surface area contributed by atoms with Gasteiger partial charge in [0.1, 0.15) is 17.6 Å². The summed E-state index contributed by atoms with van der Waals surface area (Å²) in [5.41, 5.74) is 0.118. The van der Waals surface area contributed by atoms with Gasteiger partial charge in [-0.1, -0.05) is 12.1 Å². The number of benzene rings is 2. The van der Waals surface area contributed by atoms with Crippen LogP contribution in [0.1, 0.15) is 33.9 Å². The molecule has 1 aliphatic heterocycles. The Morgan fingerprint density at radius 1 is 1.17 bits per heavy atom. The Labute approximate surface area is 169 Å². The number of aromatic carboxylic acids is 1. The fraction of sp³-hybridized carbons (Fsp3) is 0.273. The monoisotopic (exact) mass is 414 g/mol. The molecule has 1 aromatic heterocycles. The predicted octanol–water partition coefficient (Wildman–Crippen LogP) is 3.87. The first-order chi connectivity index (χ1) is 14.3. The van der Waals surface area contributed by atoms with Crippen molar-refractivity contribution in [3.05, 3.63) is 69.0 Å². The van der Waals surface area contributed by atoms with Crippen LogP contribution in [0.15, 0.2) is 35.3 Å². The minimum absolute atomic E-state index is 0.0777. The minimum Gasteiger partial charge on any atom is -0.477 e. The molecule has 0 amide bonds. The molecular weight excluding hydrogens is 397 g/mol. The van der Waals surface area contributed by atoms with Crippen LogP contribution in [0, 0.1) is 11.6 Å². The van der Waals surface area contributed by atoms with Gasteiger partial charge in [0.15, 0.2) is 5.82 Å². The third-order valence-corrected chi connectivity index (χ3v) is 5.85. The van der Waals surface area contributed by atoms with E-state index in [-0.39, 0.29) is 17.5 Å². The van der Waals surface area contributed by atoms with Gasteiger partial charge >= 0.3 is 5.97 Å². The number of fused-ring (bicyclic) bond motifs is 2. The number of aromatic nitrogens is 1. The van der Waals surface area contributed by atoms with Gasteiger partial charge in [-0.15, -0.1) is 0 Å². The molecule has 1 N–H and O–H groups in total. The molecule has 1 saturated carbocycles. The van der Waals surface area contributed by atoms with Gasteiger partial charge in [0.25, 0.3) is 0 Å². The highest BCUT2D eigenvalue weighted by Gasteiger charge is 2.41. The number of carboxylic acids is 1. The number of carbonyl (C=O) groups is 1. The van der Waals surface area contributed by atoms with Crippen molar-refractivity contribution in [3.8, 4) is 11.1 Å². The Morgan fingerprint density at radius 3 is 2.53 bits per heavy atom. The normalized spacial score (nSPS) is 20.5. The largest absolute Gasteiger partial charge is 0.477 e. The highest BCUT2D eigenvalue weighted by atomic mass is 19.1. The second-order valence-corrected chi connectivity index (χ2v) is 8.00. The maximum absolute atomic E-state index is 15.7. The molecule has 3 aromatic rings. The van der Waals surface area contributed by atoms with Crippen LogP contribution in [0.2, 0.25) is 0 Å². The summed E-state index contributed by atoms with van der Waals surface area (Å²) in [5, 5.41) is 8.89.